The second-order valence-corrected chi connectivity index (χ2v) is 7.29. The topological polar surface area (TPSA) is 49.3 Å². The van der Waals surface area contributed by atoms with E-state index in [1.54, 1.807) is 0 Å². The maximum absolute atomic E-state index is 4.46. The average Bonchev–Trinajstić information content (AvgIpc) is 3.02. The van der Waals surface area contributed by atoms with Crippen molar-refractivity contribution in [1.82, 2.24) is 15.6 Å². The van der Waals surface area contributed by atoms with E-state index in [4.69, 9.17) is 0 Å². The third kappa shape index (κ3) is 6.95. The molecule has 132 valence electrons. The van der Waals surface area contributed by atoms with Crippen molar-refractivity contribution < 1.29 is 0 Å². The van der Waals surface area contributed by atoms with Gasteiger partial charge in [-0.2, -0.15) is 0 Å². The molecule has 2 rings (SSSR count). The van der Waals surface area contributed by atoms with Gasteiger partial charge in [0.15, 0.2) is 5.96 Å². The summed E-state index contributed by atoms with van der Waals surface area (Å²) >= 11 is 1.82. The van der Waals surface area contributed by atoms with Crippen LogP contribution in [0.25, 0.3) is 0 Å². The Labute approximate surface area is 162 Å². The molecular formula is C17H31IN4S. The van der Waals surface area contributed by atoms with Gasteiger partial charge >= 0.3 is 0 Å². The van der Waals surface area contributed by atoms with E-state index >= 15 is 0 Å². The second-order valence-electron chi connectivity index (χ2n) is 6.09. The third-order valence-electron chi connectivity index (χ3n) is 4.57. The van der Waals surface area contributed by atoms with E-state index in [1.807, 2.05) is 24.6 Å². The fourth-order valence-corrected chi connectivity index (χ4v) is 3.88. The van der Waals surface area contributed by atoms with Crippen molar-refractivity contribution in [2.75, 3.05) is 13.6 Å². The fraction of sp³-hybridized carbons (Fsp3) is 0.765. The van der Waals surface area contributed by atoms with E-state index in [1.165, 1.54) is 42.0 Å². The van der Waals surface area contributed by atoms with Crippen molar-refractivity contribution in [3.8, 4) is 0 Å². The highest BCUT2D eigenvalue weighted by atomic mass is 127. The minimum Gasteiger partial charge on any atom is -0.356 e. The molecule has 0 aliphatic heterocycles. The van der Waals surface area contributed by atoms with Gasteiger partial charge in [0, 0.05) is 37.1 Å². The zero-order chi connectivity index (χ0) is 15.8. The number of aliphatic imine (C=N–C) groups is 1. The molecule has 4 nitrogen and oxygen atoms in total. The smallest absolute Gasteiger partial charge is 0.191 e. The monoisotopic (exact) mass is 450 g/mol. The molecule has 0 saturated heterocycles. The molecule has 0 bridgehead atoms. The first-order valence-corrected chi connectivity index (χ1v) is 9.47. The Morgan fingerprint density at radius 1 is 1.30 bits per heavy atom. The quantitative estimate of drug-likeness (QED) is 0.391. The van der Waals surface area contributed by atoms with Crippen molar-refractivity contribution in [3.05, 3.63) is 16.1 Å². The van der Waals surface area contributed by atoms with Crippen molar-refractivity contribution in [3.63, 3.8) is 0 Å². The summed E-state index contributed by atoms with van der Waals surface area (Å²) in [5.41, 5.74) is 0. The highest BCUT2D eigenvalue weighted by molar-refractivity contribution is 14.0. The molecule has 1 aliphatic rings. The number of hydrogen-bond donors (Lipinski definition) is 2. The SMILES string of the molecule is CCc1cnc(CCNC(=NC)NC2CCC(CC)CC2)s1.I. The molecule has 0 unspecified atom stereocenters. The summed E-state index contributed by atoms with van der Waals surface area (Å²) in [7, 11) is 1.85. The molecule has 6 heteroatoms. The second kappa shape index (κ2) is 11.2. The molecule has 1 saturated carbocycles. The van der Waals surface area contributed by atoms with Crippen LogP contribution in [0.2, 0.25) is 0 Å². The summed E-state index contributed by atoms with van der Waals surface area (Å²) in [6, 6.07) is 0.584. The number of halogens is 1. The standard InChI is InChI=1S/C17H30N4S.HI/c1-4-13-6-8-14(9-7-13)21-17(18-3)19-11-10-16-20-12-15(5-2)22-16;/h12-14H,4-11H2,1-3H3,(H2,18,19,21);1H. The van der Waals surface area contributed by atoms with Gasteiger partial charge < -0.3 is 10.6 Å². The summed E-state index contributed by atoms with van der Waals surface area (Å²) in [4.78, 5) is 10.2. The Morgan fingerprint density at radius 3 is 2.61 bits per heavy atom. The van der Waals surface area contributed by atoms with Gasteiger partial charge in [0.1, 0.15) is 0 Å². The van der Waals surface area contributed by atoms with Crippen molar-refractivity contribution in [1.29, 1.82) is 0 Å². The van der Waals surface area contributed by atoms with Gasteiger partial charge in [-0.3, -0.25) is 4.99 Å². The van der Waals surface area contributed by atoms with Crippen LogP contribution in [0.5, 0.6) is 0 Å². The first-order chi connectivity index (χ1) is 10.7. The fourth-order valence-electron chi connectivity index (χ4n) is 3.02. The van der Waals surface area contributed by atoms with Crippen molar-refractivity contribution in [2.45, 2.75) is 64.8 Å². The van der Waals surface area contributed by atoms with E-state index in [-0.39, 0.29) is 24.0 Å². The Kier molecular flexibility index (Phi) is 10.1. The lowest BCUT2D eigenvalue weighted by molar-refractivity contribution is 0.304. The van der Waals surface area contributed by atoms with Crippen LogP contribution < -0.4 is 10.6 Å². The van der Waals surface area contributed by atoms with Crippen LogP contribution in [0.15, 0.2) is 11.2 Å². The van der Waals surface area contributed by atoms with Crippen molar-refractivity contribution in [2.24, 2.45) is 10.9 Å². The molecule has 0 spiro atoms. The molecule has 0 amide bonds. The van der Waals surface area contributed by atoms with Crippen LogP contribution in [-0.2, 0) is 12.8 Å². The number of nitrogens with one attached hydrogen (secondary N) is 2. The molecule has 1 aromatic rings. The first kappa shape index (κ1) is 20.7. The molecule has 1 fully saturated rings. The van der Waals surface area contributed by atoms with Crippen LogP contribution in [0.1, 0.15) is 55.8 Å². The Hall–Kier alpha value is -0.370. The largest absolute Gasteiger partial charge is 0.356 e. The molecule has 1 aromatic heterocycles. The summed E-state index contributed by atoms with van der Waals surface area (Å²) in [6.07, 6.45) is 10.6. The Bertz CT molecular complexity index is 467. The van der Waals surface area contributed by atoms with E-state index in [9.17, 15) is 0 Å². The van der Waals surface area contributed by atoms with Gasteiger partial charge in [0.25, 0.3) is 0 Å². The van der Waals surface area contributed by atoms with Crippen molar-refractivity contribution >= 4 is 41.3 Å². The van der Waals surface area contributed by atoms with Gasteiger partial charge in [-0.05, 0) is 38.0 Å². The van der Waals surface area contributed by atoms with Gasteiger partial charge in [-0.1, -0.05) is 20.3 Å². The third-order valence-corrected chi connectivity index (χ3v) is 5.77. The normalized spacial score (nSPS) is 21.6. The van der Waals surface area contributed by atoms with Crippen LogP contribution >= 0.6 is 35.3 Å². The highest BCUT2D eigenvalue weighted by Crippen LogP contribution is 2.26. The number of thiazole rings is 1. The maximum atomic E-state index is 4.46. The molecule has 1 aliphatic carbocycles. The Morgan fingerprint density at radius 2 is 2.04 bits per heavy atom. The van der Waals surface area contributed by atoms with Crippen LogP contribution in [0.4, 0.5) is 0 Å². The molecule has 1 heterocycles. The van der Waals surface area contributed by atoms with Gasteiger partial charge in [0.05, 0.1) is 5.01 Å². The number of rotatable bonds is 6. The van der Waals surface area contributed by atoms with Crippen LogP contribution in [-0.4, -0.2) is 30.6 Å². The molecular weight excluding hydrogens is 419 g/mol. The molecule has 0 atom stereocenters. The van der Waals surface area contributed by atoms with E-state index in [0.29, 0.717) is 6.04 Å². The summed E-state index contributed by atoms with van der Waals surface area (Å²) in [5.74, 6) is 1.87. The predicted octanol–water partition coefficient (Wildman–Crippen LogP) is 4.00. The molecule has 2 N–H and O–H groups in total. The number of aromatic nitrogens is 1. The van der Waals surface area contributed by atoms with E-state index in [2.05, 4.69) is 34.5 Å². The summed E-state index contributed by atoms with van der Waals surface area (Å²) in [5, 5.41) is 8.21. The maximum Gasteiger partial charge on any atom is 0.191 e. The first-order valence-electron chi connectivity index (χ1n) is 8.65. The lowest BCUT2D eigenvalue weighted by atomic mass is 9.84. The minimum atomic E-state index is 0. The zero-order valence-electron chi connectivity index (χ0n) is 14.6. The predicted molar refractivity (Wildman–Crippen MR) is 111 cm³/mol. The highest BCUT2D eigenvalue weighted by Gasteiger charge is 2.20. The molecule has 0 radical (unpaired) electrons. The van der Waals surface area contributed by atoms with Gasteiger partial charge in [0.2, 0.25) is 0 Å². The lowest BCUT2D eigenvalue weighted by Crippen LogP contribution is -2.45. The van der Waals surface area contributed by atoms with E-state index in [0.717, 1.165) is 31.3 Å². The summed E-state index contributed by atoms with van der Waals surface area (Å²) < 4.78 is 0. The van der Waals surface area contributed by atoms with Crippen LogP contribution in [0, 0.1) is 5.92 Å². The van der Waals surface area contributed by atoms with Gasteiger partial charge in [-0.25, -0.2) is 4.98 Å². The lowest BCUT2D eigenvalue weighted by Gasteiger charge is -2.29. The number of hydrogen-bond acceptors (Lipinski definition) is 3. The number of aryl methyl sites for hydroxylation is 1. The number of nitrogens with zero attached hydrogens (tertiary/aromatic N) is 2. The zero-order valence-corrected chi connectivity index (χ0v) is 17.7. The molecule has 0 aromatic carbocycles. The van der Waals surface area contributed by atoms with Gasteiger partial charge in [-0.15, -0.1) is 35.3 Å². The average molecular weight is 450 g/mol. The molecule has 23 heavy (non-hydrogen) atoms. The Balaban J connectivity index is 0.00000264. The minimum absolute atomic E-state index is 0. The van der Waals surface area contributed by atoms with Crippen LogP contribution in [0.3, 0.4) is 0 Å². The van der Waals surface area contributed by atoms with E-state index < -0.39 is 0 Å². The number of guanidine groups is 1. The summed E-state index contributed by atoms with van der Waals surface area (Å²) in [6.45, 7) is 5.37.